The van der Waals surface area contributed by atoms with Gasteiger partial charge in [-0.3, -0.25) is 4.79 Å². The fourth-order valence-electron chi connectivity index (χ4n) is 3.10. The molecule has 0 unspecified atom stereocenters. The first kappa shape index (κ1) is 18.4. The second-order valence-corrected chi connectivity index (χ2v) is 6.55. The molecule has 6 heteroatoms. The molecular weight excluding hydrogens is 366 g/mol. The van der Waals surface area contributed by atoms with Gasteiger partial charge >= 0.3 is 0 Å². The molecule has 1 aromatic heterocycles. The number of carbonyl (C=O) groups excluding carboxylic acids is 1. The predicted octanol–water partition coefficient (Wildman–Crippen LogP) is 4.96. The van der Waals surface area contributed by atoms with Crippen molar-refractivity contribution in [1.29, 1.82) is 0 Å². The van der Waals surface area contributed by atoms with Gasteiger partial charge in [-0.15, -0.1) is 0 Å². The highest BCUT2D eigenvalue weighted by atomic mass is 16.5. The monoisotopic (exact) mass is 385 g/mol. The topological polar surface area (TPSA) is 84.3 Å². The average molecular weight is 385 g/mol. The van der Waals surface area contributed by atoms with Gasteiger partial charge in [-0.05, 0) is 61.5 Å². The maximum absolute atomic E-state index is 12.0. The van der Waals surface area contributed by atoms with Gasteiger partial charge in [0.1, 0.15) is 17.3 Å². The van der Waals surface area contributed by atoms with Crippen LogP contribution in [0, 0.1) is 0 Å². The van der Waals surface area contributed by atoms with Crippen molar-refractivity contribution >= 4 is 28.2 Å². The number of aromatic nitrogens is 2. The average Bonchev–Trinajstić information content (AvgIpc) is 2.74. The predicted molar refractivity (Wildman–Crippen MR) is 113 cm³/mol. The Labute approximate surface area is 167 Å². The lowest BCUT2D eigenvalue weighted by atomic mass is 10.1. The molecule has 1 heterocycles. The van der Waals surface area contributed by atoms with E-state index >= 15 is 0 Å². The van der Waals surface area contributed by atoms with Crippen molar-refractivity contribution in [3.63, 3.8) is 0 Å². The van der Waals surface area contributed by atoms with E-state index in [0.717, 1.165) is 16.5 Å². The normalized spacial score (nSPS) is 10.7. The second kappa shape index (κ2) is 7.59. The highest BCUT2D eigenvalue weighted by Crippen LogP contribution is 2.31. The van der Waals surface area contributed by atoms with E-state index in [1.165, 1.54) is 6.92 Å². The summed E-state index contributed by atoms with van der Waals surface area (Å²) in [5.41, 5.74) is 2.74. The van der Waals surface area contributed by atoms with Gasteiger partial charge in [-0.2, -0.15) is 0 Å². The third-order valence-corrected chi connectivity index (χ3v) is 4.59. The fraction of sp³-hybridized carbons (Fsp3) is 0.0870. The highest BCUT2D eigenvalue weighted by Gasteiger charge is 2.13. The van der Waals surface area contributed by atoms with Crippen molar-refractivity contribution in [3.05, 3.63) is 72.3 Å². The molecule has 6 nitrogen and oxygen atoms in total. The SMILES string of the molecule is COc1ccc2nc(-c3ccc(O)cc3)nc(Nc3ccccc3C(C)=O)c2c1. The number of hydrogen-bond acceptors (Lipinski definition) is 6. The van der Waals surface area contributed by atoms with E-state index in [-0.39, 0.29) is 11.5 Å². The maximum Gasteiger partial charge on any atom is 0.162 e. The van der Waals surface area contributed by atoms with E-state index < -0.39 is 0 Å². The number of phenols is 1. The van der Waals surface area contributed by atoms with Gasteiger partial charge in [0.25, 0.3) is 0 Å². The van der Waals surface area contributed by atoms with Crippen molar-refractivity contribution < 1.29 is 14.6 Å². The standard InChI is InChI=1S/C23H19N3O3/c1-14(27)18-5-3-4-6-20(18)25-23-19-13-17(29-2)11-12-21(19)24-22(26-23)15-7-9-16(28)10-8-15/h3-13,28H,1-2H3,(H,24,25,26). The Morgan fingerprint density at radius 2 is 1.76 bits per heavy atom. The molecule has 144 valence electrons. The van der Waals surface area contributed by atoms with Crippen molar-refractivity contribution in [2.75, 3.05) is 12.4 Å². The van der Waals surface area contributed by atoms with E-state index in [2.05, 4.69) is 10.3 Å². The zero-order valence-corrected chi connectivity index (χ0v) is 16.0. The first-order valence-electron chi connectivity index (χ1n) is 9.07. The molecule has 4 aromatic rings. The van der Waals surface area contributed by atoms with Crippen LogP contribution in [0.15, 0.2) is 66.7 Å². The summed E-state index contributed by atoms with van der Waals surface area (Å²) < 4.78 is 5.35. The molecule has 0 amide bonds. The first-order chi connectivity index (χ1) is 14.0. The van der Waals surface area contributed by atoms with Gasteiger partial charge in [0, 0.05) is 16.5 Å². The number of carbonyl (C=O) groups is 1. The van der Waals surface area contributed by atoms with Crippen LogP contribution < -0.4 is 10.1 Å². The summed E-state index contributed by atoms with van der Waals surface area (Å²) in [6, 6.07) is 19.6. The van der Waals surface area contributed by atoms with Crippen molar-refractivity contribution in [3.8, 4) is 22.9 Å². The summed E-state index contributed by atoms with van der Waals surface area (Å²) in [5, 5.41) is 13.6. The third-order valence-electron chi connectivity index (χ3n) is 4.59. The number of aromatic hydroxyl groups is 1. The molecule has 2 N–H and O–H groups in total. The van der Waals surface area contributed by atoms with Crippen LogP contribution >= 0.6 is 0 Å². The van der Waals surface area contributed by atoms with E-state index in [1.807, 2.05) is 36.4 Å². The minimum Gasteiger partial charge on any atom is -0.508 e. The Bertz CT molecular complexity index is 1200. The number of nitrogens with one attached hydrogen (secondary N) is 1. The lowest BCUT2D eigenvalue weighted by Gasteiger charge is -2.14. The first-order valence-corrected chi connectivity index (χ1v) is 9.07. The quantitative estimate of drug-likeness (QED) is 0.473. The summed E-state index contributed by atoms with van der Waals surface area (Å²) in [6.45, 7) is 1.53. The molecule has 0 aliphatic rings. The summed E-state index contributed by atoms with van der Waals surface area (Å²) in [7, 11) is 1.60. The van der Waals surface area contributed by atoms with Crippen LogP contribution in [-0.4, -0.2) is 28.0 Å². The van der Waals surface area contributed by atoms with Crippen LogP contribution in [0.2, 0.25) is 0 Å². The number of nitrogens with zero attached hydrogens (tertiary/aromatic N) is 2. The molecule has 0 aliphatic heterocycles. The largest absolute Gasteiger partial charge is 0.508 e. The van der Waals surface area contributed by atoms with Crippen LogP contribution in [0.5, 0.6) is 11.5 Å². The number of para-hydroxylation sites is 1. The molecule has 0 atom stereocenters. The molecule has 0 aliphatic carbocycles. The number of ether oxygens (including phenoxy) is 1. The Morgan fingerprint density at radius 3 is 2.48 bits per heavy atom. The molecule has 0 bridgehead atoms. The summed E-state index contributed by atoms with van der Waals surface area (Å²) in [5.74, 6) is 1.88. The summed E-state index contributed by atoms with van der Waals surface area (Å²) in [6.07, 6.45) is 0. The number of Topliss-reactive ketones (excluding diaryl/α,β-unsaturated/α-hetero) is 1. The summed E-state index contributed by atoms with van der Waals surface area (Å²) in [4.78, 5) is 21.4. The van der Waals surface area contributed by atoms with Crippen LogP contribution in [-0.2, 0) is 0 Å². The smallest absolute Gasteiger partial charge is 0.162 e. The van der Waals surface area contributed by atoms with Crippen molar-refractivity contribution in [2.45, 2.75) is 6.92 Å². The van der Waals surface area contributed by atoms with Gasteiger partial charge < -0.3 is 15.2 Å². The van der Waals surface area contributed by atoms with Crippen LogP contribution in [0.1, 0.15) is 17.3 Å². The zero-order chi connectivity index (χ0) is 20.4. The minimum atomic E-state index is -0.0391. The molecule has 0 fully saturated rings. The van der Waals surface area contributed by atoms with E-state index in [9.17, 15) is 9.90 Å². The maximum atomic E-state index is 12.0. The number of anilines is 2. The van der Waals surface area contributed by atoms with Crippen LogP contribution in [0.3, 0.4) is 0 Å². The number of methoxy groups -OCH3 is 1. The molecular formula is C23H19N3O3. The van der Waals surface area contributed by atoms with Crippen LogP contribution in [0.25, 0.3) is 22.3 Å². The number of phenolic OH excluding ortho intramolecular Hbond substituents is 1. The molecule has 0 saturated heterocycles. The number of ketones is 1. The molecule has 0 spiro atoms. The van der Waals surface area contributed by atoms with E-state index in [4.69, 9.17) is 9.72 Å². The summed E-state index contributed by atoms with van der Waals surface area (Å²) >= 11 is 0. The number of fused-ring (bicyclic) bond motifs is 1. The van der Waals surface area contributed by atoms with Crippen molar-refractivity contribution in [1.82, 2.24) is 9.97 Å². The van der Waals surface area contributed by atoms with Gasteiger partial charge in [-0.1, -0.05) is 12.1 Å². The third kappa shape index (κ3) is 3.73. The Kier molecular flexibility index (Phi) is 4.83. The minimum absolute atomic E-state index is 0.0391. The molecule has 3 aromatic carbocycles. The van der Waals surface area contributed by atoms with Gasteiger partial charge in [0.05, 0.1) is 18.3 Å². The lowest BCUT2D eigenvalue weighted by Crippen LogP contribution is -2.04. The van der Waals surface area contributed by atoms with Crippen LogP contribution in [0.4, 0.5) is 11.5 Å². The fourth-order valence-corrected chi connectivity index (χ4v) is 3.10. The number of hydrogen-bond donors (Lipinski definition) is 2. The zero-order valence-electron chi connectivity index (χ0n) is 16.0. The van der Waals surface area contributed by atoms with Gasteiger partial charge in [-0.25, -0.2) is 9.97 Å². The number of rotatable bonds is 5. The molecule has 0 radical (unpaired) electrons. The Hall–Kier alpha value is -3.93. The second-order valence-electron chi connectivity index (χ2n) is 6.55. The number of benzene rings is 3. The van der Waals surface area contributed by atoms with Gasteiger partial charge in [0.2, 0.25) is 0 Å². The lowest BCUT2D eigenvalue weighted by molar-refractivity contribution is 0.101. The Balaban J connectivity index is 1.90. The molecule has 4 rings (SSSR count). The van der Waals surface area contributed by atoms with Crippen molar-refractivity contribution in [2.24, 2.45) is 0 Å². The van der Waals surface area contributed by atoms with E-state index in [1.54, 1.807) is 37.4 Å². The molecule has 29 heavy (non-hydrogen) atoms. The van der Waals surface area contributed by atoms with Gasteiger partial charge in [0.15, 0.2) is 11.6 Å². The van der Waals surface area contributed by atoms with E-state index in [0.29, 0.717) is 28.6 Å². The molecule has 0 saturated carbocycles. The Morgan fingerprint density at radius 1 is 1.00 bits per heavy atom. The highest BCUT2D eigenvalue weighted by molar-refractivity contribution is 6.01.